The normalized spacial score (nSPS) is 11.8. The molecule has 2 rings (SSSR count). The highest BCUT2D eigenvalue weighted by molar-refractivity contribution is 7.89. The Morgan fingerprint density at radius 1 is 1.45 bits per heavy atom. The molecule has 0 amide bonds. The molecule has 0 aliphatic carbocycles. The van der Waals surface area contributed by atoms with E-state index in [9.17, 15) is 8.42 Å². The predicted molar refractivity (Wildman–Crippen MR) is 72.6 cm³/mol. The second-order valence-electron chi connectivity index (χ2n) is 4.10. The molecule has 0 fully saturated rings. The molecule has 0 saturated heterocycles. The topological polar surface area (TPSA) is 92.4 Å². The van der Waals surface area contributed by atoms with Crippen LogP contribution in [-0.2, 0) is 23.2 Å². The molecule has 0 bridgehead atoms. The number of nitrogens with zero attached hydrogens (tertiary/aromatic N) is 1. The Hall–Kier alpha value is -1.41. The van der Waals surface area contributed by atoms with Gasteiger partial charge in [0.2, 0.25) is 15.9 Å². The van der Waals surface area contributed by atoms with Crippen LogP contribution in [0.2, 0.25) is 5.02 Å². The van der Waals surface area contributed by atoms with Gasteiger partial charge < -0.3 is 9.52 Å². The van der Waals surface area contributed by atoms with Crippen molar-refractivity contribution in [2.24, 2.45) is 0 Å². The van der Waals surface area contributed by atoms with Crippen LogP contribution in [0.5, 0.6) is 0 Å². The Morgan fingerprint density at radius 3 is 2.80 bits per heavy atom. The van der Waals surface area contributed by atoms with Crippen molar-refractivity contribution in [3.8, 4) is 0 Å². The number of aromatic nitrogens is 1. The maximum absolute atomic E-state index is 12.1. The molecule has 1 aromatic carbocycles. The summed E-state index contributed by atoms with van der Waals surface area (Å²) in [7, 11) is -3.72. The van der Waals surface area contributed by atoms with Gasteiger partial charge in [-0.2, -0.15) is 0 Å². The highest BCUT2D eigenvalue weighted by Gasteiger charge is 2.16. The molecule has 0 aliphatic rings. The molecule has 0 radical (unpaired) electrons. The smallest absolute Gasteiger partial charge is 0.241 e. The number of rotatable bonds is 5. The SMILES string of the molecule is Cc1cnc(CNS(=O)(=O)c2ccc(Cl)c(CO)c2)o1. The molecule has 2 N–H and O–H groups in total. The number of hydrogen-bond donors (Lipinski definition) is 2. The van der Waals surface area contributed by atoms with Crippen LogP contribution >= 0.6 is 11.6 Å². The van der Waals surface area contributed by atoms with Gasteiger partial charge in [0.15, 0.2) is 0 Å². The minimum atomic E-state index is -3.72. The number of sulfonamides is 1. The van der Waals surface area contributed by atoms with Crippen molar-refractivity contribution in [2.45, 2.75) is 25.0 Å². The molecule has 1 heterocycles. The van der Waals surface area contributed by atoms with Crippen LogP contribution in [0.15, 0.2) is 33.7 Å². The van der Waals surface area contributed by atoms with E-state index < -0.39 is 10.0 Å². The highest BCUT2D eigenvalue weighted by Crippen LogP contribution is 2.20. The first-order chi connectivity index (χ1) is 9.42. The minimum Gasteiger partial charge on any atom is -0.445 e. The van der Waals surface area contributed by atoms with E-state index in [1.807, 2.05) is 0 Å². The van der Waals surface area contributed by atoms with Gasteiger partial charge >= 0.3 is 0 Å². The molecule has 6 nitrogen and oxygen atoms in total. The van der Waals surface area contributed by atoms with E-state index in [-0.39, 0.29) is 23.9 Å². The quantitative estimate of drug-likeness (QED) is 0.874. The molecular weight excluding hydrogens is 304 g/mol. The molecule has 20 heavy (non-hydrogen) atoms. The summed E-state index contributed by atoms with van der Waals surface area (Å²) in [6, 6.07) is 4.12. The lowest BCUT2D eigenvalue weighted by Gasteiger charge is -2.07. The van der Waals surface area contributed by atoms with Gasteiger partial charge in [0, 0.05) is 5.02 Å². The molecule has 8 heteroatoms. The molecule has 108 valence electrons. The number of hydrogen-bond acceptors (Lipinski definition) is 5. The van der Waals surface area contributed by atoms with Crippen molar-refractivity contribution >= 4 is 21.6 Å². The molecule has 1 aromatic heterocycles. The Bertz CT molecular complexity index is 712. The fourth-order valence-corrected chi connectivity index (χ4v) is 2.76. The zero-order valence-corrected chi connectivity index (χ0v) is 12.2. The summed E-state index contributed by atoms with van der Waals surface area (Å²) in [6.07, 6.45) is 1.51. The van der Waals surface area contributed by atoms with E-state index in [1.165, 1.54) is 24.4 Å². The third-order valence-corrected chi connectivity index (χ3v) is 4.35. The summed E-state index contributed by atoms with van der Waals surface area (Å²) in [5, 5.41) is 9.41. The van der Waals surface area contributed by atoms with Crippen LogP contribution in [-0.4, -0.2) is 18.5 Å². The fourth-order valence-electron chi connectivity index (χ4n) is 1.56. The summed E-state index contributed by atoms with van der Waals surface area (Å²) in [6.45, 7) is 1.34. The average Bonchev–Trinajstić information content (AvgIpc) is 2.83. The summed E-state index contributed by atoms with van der Waals surface area (Å²) in [4.78, 5) is 3.93. The van der Waals surface area contributed by atoms with Crippen molar-refractivity contribution in [3.63, 3.8) is 0 Å². The molecule has 0 unspecified atom stereocenters. The van der Waals surface area contributed by atoms with Crippen LogP contribution in [0, 0.1) is 6.92 Å². The van der Waals surface area contributed by atoms with Crippen LogP contribution in [0.3, 0.4) is 0 Å². The largest absolute Gasteiger partial charge is 0.445 e. The Morgan fingerprint density at radius 2 is 2.20 bits per heavy atom. The summed E-state index contributed by atoms with van der Waals surface area (Å²) < 4.78 is 31.7. The lowest BCUT2D eigenvalue weighted by Crippen LogP contribution is -2.23. The van der Waals surface area contributed by atoms with Gasteiger partial charge in [0.05, 0.1) is 24.2 Å². The lowest BCUT2D eigenvalue weighted by atomic mass is 10.2. The first-order valence-corrected chi connectivity index (χ1v) is 7.59. The van der Waals surface area contributed by atoms with Gasteiger partial charge in [-0.25, -0.2) is 18.1 Å². The van der Waals surface area contributed by atoms with Crippen molar-refractivity contribution < 1.29 is 17.9 Å². The Kier molecular flexibility index (Phi) is 4.44. The van der Waals surface area contributed by atoms with E-state index in [2.05, 4.69) is 9.71 Å². The summed E-state index contributed by atoms with van der Waals surface area (Å²) in [5.74, 6) is 0.885. The average molecular weight is 317 g/mol. The van der Waals surface area contributed by atoms with Crippen molar-refractivity contribution in [2.75, 3.05) is 0 Å². The maximum Gasteiger partial charge on any atom is 0.241 e. The standard InChI is InChI=1S/C12H13ClN2O4S/c1-8-5-14-12(19-8)6-15-20(17,18)10-2-3-11(13)9(4-10)7-16/h2-5,15-16H,6-7H2,1H3. The summed E-state index contributed by atoms with van der Waals surface area (Å²) >= 11 is 5.82. The molecule has 0 spiro atoms. The zero-order chi connectivity index (χ0) is 14.8. The van der Waals surface area contributed by atoms with E-state index in [0.717, 1.165) is 0 Å². The number of halogens is 1. The van der Waals surface area contributed by atoms with Crippen LogP contribution in [0.4, 0.5) is 0 Å². The Balaban J connectivity index is 2.17. The van der Waals surface area contributed by atoms with Gasteiger partial charge in [0.1, 0.15) is 5.76 Å². The molecular formula is C12H13ClN2O4S. The molecule has 0 atom stereocenters. The molecule has 2 aromatic rings. The molecule has 0 saturated carbocycles. The van der Waals surface area contributed by atoms with Gasteiger partial charge in [-0.1, -0.05) is 11.6 Å². The predicted octanol–water partition coefficient (Wildman–Crippen LogP) is 1.61. The number of nitrogens with one attached hydrogen (secondary N) is 1. The summed E-state index contributed by atoms with van der Waals surface area (Å²) in [5.41, 5.74) is 0.349. The number of oxazole rings is 1. The van der Waals surface area contributed by atoms with E-state index >= 15 is 0 Å². The van der Waals surface area contributed by atoms with Gasteiger partial charge in [-0.05, 0) is 30.7 Å². The maximum atomic E-state index is 12.1. The number of aryl methyl sites for hydroxylation is 1. The Labute approximate surface area is 121 Å². The zero-order valence-electron chi connectivity index (χ0n) is 10.6. The lowest BCUT2D eigenvalue weighted by molar-refractivity contribution is 0.281. The van der Waals surface area contributed by atoms with Crippen LogP contribution < -0.4 is 4.72 Å². The van der Waals surface area contributed by atoms with Crippen molar-refractivity contribution in [3.05, 3.63) is 46.6 Å². The van der Waals surface area contributed by atoms with Crippen LogP contribution in [0.25, 0.3) is 0 Å². The monoisotopic (exact) mass is 316 g/mol. The highest BCUT2D eigenvalue weighted by atomic mass is 35.5. The van der Waals surface area contributed by atoms with Crippen molar-refractivity contribution in [1.82, 2.24) is 9.71 Å². The van der Waals surface area contributed by atoms with Crippen LogP contribution in [0.1, 0.15) is 17.2 Å². The minimum absolute atomic E-state index is 0.0224. The number of aliphatic hydroxyl groups excluding tert-OH is 1. The second-order valence-corrected chi connectivity index (χ2v) is 6.27. The van der Waals surface area contributed by atoms with E-state index in [0.29, 0.717) is 16.3 Å². The van der Waals surface area contributed by atoms with Gasteiger partial charge in [-0.3, -0.25) is 0 Å². The number of benzene rings is 1. The van der Waals surface area contributed by atoms with Gasteiger partial charge in [0.25, 0.3) is 0 Å². The molecule has 0 aliphatic heterocycles. The third kappa shape index (κ3) is 3.37. The van der Waals surface area contributed by atoms with Gasteiger partial charge in [-0.15, -0.1) is 0 Å². The van der Waals surface area contributed by atoms with E-state index in [1.54, 1.807) is 6.92 Å². The van der Waals surface area contributed by atoms with E-state index in [4.69, 9.17) is 21.1 Å². The third-order valence-electron chi connectivity index (χ3n) is 2.58. The fraction of sp³-hybridized carbons (Fsp3) is 0.250. The first kappa shape index (κ1) is 15.0. The number of aliphatic hydroxyl groups is 1. The van der Waals surface area contributed by atoms with Crippen molar-refractivity contribution in [1.29, 1.82) is 0 Å². The first-order valence-electron chi connectivity index (χ1n) is 5.72. The second kappa shape index (κ2) is 5.92.